The molecule has 2 aliphatic rings. The zero-order valence-corrected chi connectivity index (χ0v) is 15.7. The third kappa shape index (κ3) is 3.37. The lowest BCUT2D eigenvalue weighted by Crippen LogP contribution is -2.31. The molecule has 1 aliphatic carbocycles. The number of hydrogen-bond acceptors (Lipinski definition) is 7. The number of allylic oxidation sites excluding steroid dienone is 2. The maximum Gasteiger partial charge on any atom is 0.340 e. The van der Waals surface area contributed by atoms with Gasteiger partial charge in [-0.3, -0.25) is 4.79 Å². The van der Waals surface area contributed by atoms with Crippen molar-refractivity contribution in [3.8, 4) is 11.5 Å². The second-order valence-electron chi connectivity index (χ2n) is 6.25. The maximum atomic E-state index is 12.8. The van der Waals surface area contributed by atoms with Gasteiger partial charge >= 0.3 is 5.97 Å². The third-order valence-electron chi connectivity index (χ3n) is 4.73. The molecule has 1 heterocycles. The SMILES string of the molecule is CCOC(=O)C1=C(N)OC2=C(C(=O)CCC2)[C@H]1c1cc(OC)ccc1OC. The number of carbonyl (C=O) groups excluding carboxylic acids is 2. The summed E-state index contributed by atoms with van der Waals surface area (Å²) in [7, 11) is 3.07. The minimum absolute atomic E-state index is 0.0447. The van der Waals surface area contributed by atoms with E-state index in [0.717, 1.165) is 0 Å². The highest BCUT2D eigenvalue weighted by atomic mass is 16.5. The number of ether oxygens (including phenoxy) is 4. The predicted octanol–water partition coefficient (Wildman–Crippen LogP) is 2.56. The Hall–Kier alpha value is -2.96. The van der Waals surface area contributed by atoms with Gasteiger partial charge in [0.15, 0.2) is 5.78 Å². The van der Waals surface area contributed by atoms with Crippen LogP contribution in [0.15, 0.2) is 41.0 Å². The summed E-state index contributed by atoms with van der Waals surface area (Å²) < 4.78 is 21.7. The van der Waals surface area contributed by atoms with Gasteiger partial charge in [0.05, 0.1) is 26.7 Å². The van der Waals surface area contributed by atoms with E-state index in [-0.39, 0.29) is 23.8 Å². The minimum atomic E-state index is -0.731. The fraction of sp³-hybridized carbons (Fsp3) is 0.400. The van der Waals surface area contributed by atoms with Crippen molar-refractivity contribution in [2.45, 2.75) is 32.1 Å². The summed E-state index contributed by atoms with van der Waals surface area (Å²) in [4.78, 5) is 25.5. The van der Waals surface area contributed by atoms with E-state index in [9.17, 15) is 9.59 Å². The number of hydrogen-bond donors (Lipinski definition) is 1. The molecule has 0 radical (unpaired) electrons. The lowest BCUT2D eigenvalue weighted by atomic mass is 9.77. The monoisotopic (exact) mass is 373 g/mol. The second kappa shape index (κ2) is 7.73. The summed E-state index contributed by atoms with van der Waals surface area (Å²) >= 11 is 0. The summed E-state index contributed by atoms with van der Waals surface area (Å²) in [5, 5.41) is 0. The molecule has 1 aromatic rings. The summed E-state index contributed by atoms with van der Waals surface area (Å²) in [5.74, 6) is 0.135. The van der Waals surface area contributed by atoms with Crippen LogP contribution < -0.4 is 15.2 Å². The number of methoxy groups -OCH3 is 2. The Morgan fingerprint density at radius 2 is 2.04 bits per heavy atom. The average molecular weight is 373 g/mol. The largest absolute Gasteiger partial charge is 0.497 e. The standard InChI is InChI=1S/C20H23NO6/c1-4-26-20(23)18-16(12-10-11(24-2)8-9-14(12)25-3)17-13(22)6-5-7-15(17)27-19(18)21/h8-10,16H,4-7,21H2,1-3H3/t16-/m1/s1. The molecule has 27 heavy (non-hydrogen) atoms. The van der Waals surface area contributed by atoms with Crippen molar-refractivity contribution in [1.29, 1.82) is 0 Å². The zero-order valence-electron chi connectivity index (χ0n) is 15.7. The number of ketones is 1. The molecule has 7 heteroatoms. The quantitative estimate of drug-likeness (QED) is 0.792. The molecule has 1 aliphatic heterocycles. The van der Waals surface area contributed by atoms with Crippen LogP contribution >= 0.6 is 0 Å². The molecule has 1 aromatic carbocycles. The Morgan fingerprint density at radius 3 is 2.70 bits per heavy atom. The number of esters is 1. The lowest BCUT2D eigenvalue weighted by Gasteiger charge is -2.33. The Balaban J connectivity index is 2.24. The molecule has 7 nitrogen and oxygen atoms in total. The van der Waals surface area contributed by atoms with Crippen LogP contribution in [-0.2, 0) is 19.1 Å². The van der Waals surface area contributed by atoms with Crippen molar-refractivity contribution >= 4 is 11.8 Å². The first-order valence-electron chi connectivity index (χ1n) is 8.84. The first kappa shape index (κ1) is 18.8. The Bertz CT molecular complexity index is 839. The van der Waals surface area contributed by atoms with Crippen molar-refractivity contribution in [3.05, 3.63) is 46.6 Å². The Kier molecular flexibility index (Phi) is 5.39. The fourth-order valence-electron chi connectivity index (χ4n) is 3.54. The van der Waals surface area contributed by atoms with Gasteiger partial charge < -0.3 is 24.7 Å². The van der Waals surface area contributed by atoms with E-state index in [1.165, 1.54) is 7.11 Å². The molecular weight excluding hydrogens is 350 g/mol. The van der Waals surface area contributed by atoms with Crippen molar-refractivity contribution < 1.29 is 28.5 Å². The van der Waals surface area contributed by atoms with Crippen molar-refractivity contribution in [2.75, 3.05) is 20.8 Å². The molecule has 0 spiro atoms. The van der Waals surface area contributed by atoms with E-state index in [1.807, 2.05) is 0 Å². The van der Waals surface area contributed by atoms with Crippen molar-refractivity contribution in [2.24, 2.45) is 5.73 Å². The molecular formula is C20H23NO6. The van der Waals surface area contributed by atoms with E-state index in [1.54, 1.807) is 32.2 Å². The molecule has 0 amide bonds. The maximum absolute atomic E-state index is 12.8. The Labute approximate surface area is 157 Å². The third-order valence-corrected chi connectivity index (χ3v) is 4.73. The van der Waals surface area contributed by atoms with Gasteiger partial charge in [-0.25, -0.2) is 4.79 Å². The molecule has 0 fully saturated rings. The normalized spacial score (nSPS) is 19.4. The molecule has 0 saturated heterocycles. The van der Waals surface area contributed by atoms with Crippen LogP contribution in [0.1, 0.15) is 37.7 Å². The lowest BCUT2D eigenvalue weighted by molar-refractivity contribution is -0.139. The number of benzene rings is 1. The molecule has 144 valence electrons. The van der Waals surface area contributed by atoms with Gasteiger partial charge in [0.2, 0.25) is 5.88 Å². The highest BCUT2D eigenvalue weighted by Crippen LogP contribution is 2.47. The van der Waals surface area contributed by atoms with Gasteiger partial charge in [-0.05, 0) is 31.5 Å². The molecule has 1 atom stereocenters. The van der Waals surface area contributed by atoms with Crippen LogP contribution in [0, 0.1) is 0 Å². The van der Waals surface area contributed by atoms with Gasteiger partial charge in [-0.15, -0.1) is 0 Å². The first-order chi connectivity index (χ1) is 13.0. The van der Waals surface area contributed by atoms with E-state index < -0.39 is 11.9 Å². The van der Waals surface area contributed by atoms with Crippen molar-refractivity contribution in [3.63, 3.8) is 0 Å². The van der Waals surface area contributed by atoms with Crippen LogP contribution in [0.4, 0.5) is 0 Å². The second-order valence-corrected chi connectivity index (χ2v) is 6.25. The topological polar surface area (TPSA) is 97.1 Å². The smallest absolute Gasteiger partial charge is 0.340 e. The van der Waals surface area contributed by atoms with Crippen LogP contribution in [0.2, 0.25) is 0 Å². The molecule has 0 unspecified atom stereocenters. The summed E-state index contributed by atoms with van der Waals surface area (Å²) in [6.07, 6.45) is 1.66. The molecule has 0 saturated carbocycles. The number of Topliss-reactive ketones (excluding diaryl/α,β-unsaturated/α-hetero) is 1. The molecule has 2 N–H and O–H groups in total. The van der Waals surface area contributed by atoms with Crippen LogP contribution in [-0.4, -0.2) is 32.6 Å². The van der Waals surface area contributed by atoms with Crippen molar-refractivity contribution in [1.82, 2.24) is 0 Å². The summed E-state index contributed by atoms with van der Waals surface area (Å²) in [6.45, 7) is 1.88. The van der Waals surface area contributed by atoms with Crippen LogP contribution in [0.25, 0.3) is 0 Å². The first-order valence-corrected chi connectivity index (χ1v) is 8.84. The van der Waals surface area contributed by atoms with Gasteiger partial charge in [0.25, 0.3) is 0 Å². The van der Waals surface area contributed by atoms with Crippen LogP contribution in [0.5, 0.6) is 11.5 Å². The molecule has 0 bridgehead atoms. The number of rotatable bonds is 5. The van der Waals surface area contributed by atoms with E-state index in [0.29, 0.717) is 47.7 Å². The average Bonchev–Trinajstić information content (AvgIpc) is 2.66. The zero-order chi connectivity index (χ0) is 19.6. The highest BCUT2D eigenvalue weighted by molar-refractivity contribution is 6.03. The van der Waals surface area contributed by atoms with Crippen LogP contribution in [0.3, 0.4) is 0 Å². The predicted molar refractivity (Wildman–Crippen MR) is 97.1 cm³/mol. The molecule has 3 rings (SSSR count). The fourth-order valence-corrected chi connectivity index (χ4v) is 3.54. The summed E-state index contributed by atoms with van der Waals surface area (Å²) in [6, 6.07) is 5.22. The van der Waals surface area contributed by atoms with E-state index in [2.05, 4.69) is 0 Å². The Morgan fingerprint density at radius 1 is 1.26 bits per heavy atom. The van der Waals surface area contributed by atoms with E-state index >= 15 is 0 Å². The van der Waals surface area contributed by atoms with Gasteiger partial charge in [-0.1, -0.05) is 0 Å². The van der Waals surface area contributed by atoms with Gasteiger partial charge in [0, 0.05) is 24.0 Å². The number of nitrogens with two attached hydrogens (primary N) is 1. The summed E-state index contributed by atoms with van der Waals surface area (Å²) in [5.41, 5.74) is 7.24. The highest BCUT2D eigenvalue weighted by Gasteiger charge is 2.42. The number of carbonyl (C=O) groups is 2. The van der Waals surface area contributed by atoms with E-state index in [4.69, 9.17) is 24.7 Å². The minimum Gasteiger partial charge on any atom is -0.497 e. The van der Waals surface area contributed by atoms with Gasteiger partial charge in [-0.2, -0.15) is 0 Å². The molecule has 0 aromatic heterocycles. The van der Waals surface area contributed by atoms with Gasteiger partial charge in [0.1, 0.15) is 22.8 Å².